The molecule has 0 bridgehead atoms. The van der Waals surface area contributed by atoms with Gasteiger partial charge in [-0.1, -0.05) is 32.9 Å². The highest BCUT2D eigenvalue weighted by Gasteiger charge is 2.33. The molecule has 0 saturated heterocycles. The minimum atomic E-state index is 0.0118. The minimum Gasteiger partial charge on any atom is -0.369 e. The van der Waals surface area contributed by atoms with Crippen LogP contribution in [0, 0.1) is 11.3 Å². The minimum absolute atomic E-state index is 0.0118. The molecule has 1 aromatic rings. The van der Waals surface area contributed by atoms with Crippen molar-refractivity contribution in [1.82, 2.24) is 0 Å². The molecule has 18 heavy (non-hydrogen) atoms. The molecule has 0 fully saturated rings. The van der Waals surface area contributed by atoms with Crippen molar-refractivity contribution in [2.75, 3.05) is 11.9 Å². The largest absolute Gasteiger partial charge is 0.369 e. The van der Waals surface area contributed by atoms with Crippen molar-refractivity contribution < 1.29 is 0 Å². The molecule has 1 aromatic carbocycles. The number of hydrogen-bond acceptors (Lipinski definition) is 3. The molecule has 2 rings (SSSR count). The summed E-state index contributed by atoms with van der Waals surface area (Å²) in [5, 5.41) is 9.25. The molecule has 0 amide bonds. The number of nitriles is 1. The zero-order valence-corrected chi connectivity index (χ0v) is 12.5. The van der Waals surface area contributed by atoms with Crippen molar-refractivity contribution in [3.05, 3.63) is 23.8 Å². The standard InChI is InChI=1S/C15H20N2S/c1-10-13(9-16)18-12-8-6-7-11(15(2,3)4)14(12)17(10)5/h6-8,10,13H,1-5H3. The van der Waals surface area contributed by atoms with Crippen LogP contribution in [0.3, 0.4) is 0 Å². The predicted octanol–water partition coefficient (Wildman–Crippen LogP) is 3.81. The van der Waals surface area contributed by atoms with Crippen molar-refractivity contribution in [2.45, 2.75) is 49.3 Å². The molecular formula is C15H20N2S. The molecule has 0 saturated carbocycles. The van der Waals surface area contributed by atoms with Crippen LogP contribution in [0.15, 0.2) is 23.1 Å². The fourth-order valence-corrected chi connectivity index (χ4v) is 3.59. The van der Waals surface area contributed by atoms with Gasteiger partial charge >= 0.3 is 0 Å². The monoisotopic (exact) mass is 260 g/mol. The average Bonchev–Trinajstić information content (AvgIpc) is 2.31. The number of hydrogen-bond donors (Lipinski definition) is 0. The number of fused-ring (bicyclic) bond motifs is 1. The van der Waals surface area contributed by atoms with Crippen LogP contribution in [0.1, 0.15) is 33.3 Å². The summed E-state index contributed by atoms with van der Waals surface area (Å²) >= 11 is 1.70. The lowest BCUT2D eigenvalue weighted by atomic mass is 9.85. The molecule has 2 atom stereocenters. The van der Waals surface area contributed by atoms with E-state index in [0.717, 1.165) is 0 Å². The SMILES string of the molecule is CC1C(C#N)Sc2cccc(C(C)(C)C)c2N1C. The fraction of sp³-hybridized carbons (Fsp3) is 0.533. The highest BCUT2D eigenvalue weighted by atomic mass is 32.2. The molecule has 96 valence electrons. The number of para-hydroxylation sites is 1. The summed E-state index contributed by atoms with van der Waals surface area (Å²) in [5.74, 6) is 0. The lowest BCUT2D eigenvalue weighted by Crippen LogP contribution is -2.41. The Morgan fingerprint density at radius 1 is 1.33 bits per heavy atom. The van der Waals surface area contributed by atoms with Gasteiger partial charge in [-0.25, -0.2) is 0 Å². The Kier molecular flexibility index (Phi) is 3.33. The average molecular weight is 260 g/mol. The summed E-state index contributed by atoms with van der Waals surface area (Å²) in [6.07, 6.45) is 0. The molecular weight excluding hydrogens is 240 g/mol. The summed E-state index contributed by atoms with van der Waals surface area (Å²) in [7, 11) is 2.10. The highest BCUT2D eigenvalue weighted by molar-refractivity contribution is 8.00. The van der Waals surface area contributed by atoms with Gasteiger partial charge in [-0.2, -0.15) is 5.26 Å². The van der Waals surface area contributed by atoms with Gasteiger partial charge in [0.05, 0.1) is 17.8 Å². The third-order valence-corrected chi connectivity index (χ3v) is 4.93. The molecule has 1 aliphatic rings. The van der Waals surface area contributed by atoms with Gasteiger partial charge in [-0.15, -0.1) is 11.8 Å². The molecule has 0 aromatic heterocycles. The van der Waals surface area contributed by atoms with Crippen LogP contribution >= 0.6 is 11.8 Å². The van der Waals surface area contributed by atoms with Crippen LogP contribution in [-0.4, -0.2) is 18.3 Å². The Balaban J connectivity index is 2.58. The van der Waals surface area contributed by atoms with Crippen molar-refractivity contribution in [1.29, 1.82) is 5.26 Å². The maximum Gasteiger partial charge on any atom is 0.116 e. The summed E-state index contributed by atoms with van der Waals surface area (Å²) in [5.41, 5.74) is 2.78. The van der Waals surface area contributed by atoms with E-state index in [1.807, 2.05) is 0 Å². The van der Waals surface area contributed by atoms with Gasteiger partial charge in [0, 0.05) is 11.9 Å². The maximum absolute atomic E-state index is 9.24. The third-order valence-electron chi connectivity index (χ3n) is 3.59. The van der Waals surface area contributed by atoms with Crippen molar-refractivity contribution >= 4 is 17.4 Å². The van der Waals surface area contributed by atoms with Gasteiger partial charge in [-0.3, -0.25) is 0 Å². The second kappa shape index (κ2) is 4.51. The molecule has 2 nitrogen and oxygen atoms in total. The topological polar surface area (TPSA) is 27.0 Å². The Morgan fingerprint density at radius 3 is 2.56 bits per heavy atom. The molecule has 0 radical (unpaired) electrons. The van der Waals surface area contributed by atoms with Crippen LogP contribution in [0.25, 0.3) is 0 Å². The zero-order chi connectivity index (χ0) is 13.5. The first-order chi connectivity index (χ1) is 8.36. The van der Waals surface area contributed by atoms with E-state index in [9.17, 15) is 5.26 Å². The van der Waals surface area contributed by atoms with Gasteiger partial charge in [0.25, 0.3) is 0 Å². The second-order valence-electron chi connectivity index (χ2n) is 5.92. The normalized spacial score (nSPS) is 23.4. The first kappa shape index (κ1) is 13.3. The summed E-state index contributed by atoms with van der Waals surface area (Å²) in [4.78, 5) is 3.50. The van der Waals surface area contributed by atoms with E-state index in [1.165, 1.54) is 16.1 Å². The van der Waals surface area contributed by atoms with Gasteiger partial charge in [0.1, 0.15) is 5.25 Å². The van der Waals surface area contributed by atoms with E-state index < -0.39 is 0 Å². The van der Waals surface area contributed by atoms with Gasteiger partial charge in [0.15, 0.2) is 0 Å². The number of nitrogens with zero attached hydrogens (tertiary/aromatic N) is 2. The summed E-state index contributed by atoms with van der Waals surface area (Å²) in [6.45, 7) is 8.84. The highest BCUT2D eigenvalue weighted by Crippen LogP contribution is 2.45. The van der Waals surface area contributed by atoms with Crippen LogP contribution in [0.4, 0.5) is 5.69 Å². The molecule has 0 spiro atoms. The second-order valence-corrected chi connectivity index (χ2v) is 7.10. The molecule has 1 aliphatic heterocycles. The van der Waals surface area contributed by atoms with E-state index in [0.29, 0.717) is 0 Å². The lowest BCUT2D eigenvalue weighted by molar-refractivity contribution is 0.579. The number of thioether (sulfide) groups is 1. The van der Waals surface area contributed by atoms with Crippen molar-refractivity contribution in [3.63, 3.8) is 0 Å². The number of benzene rings is 1. The maximum atomic E-state index is 9.24. The van der Waals surface area contributed by atoms with E-state index in [2.05, 4.69) is 63.9 Å². The van der Waals surface area contributed by atoms with Crippen LogP contribution in [0.5, 0.6) is 0 Å². The van der Waals surface area contributed by atoms with Crippen LogP contribution < -0.4 is 4.90 Å². The van der Waals surface area contributed by atoms with Gasteiger partial charge in [0.2, 0.25) is 0 Å². The third kappa shape index (κ3) is 2.10. The first-order valence-corrected chi connectivity index (χ1v) is 7.17. The van der Waals surface area contributed by atoms with Crippen molar-refractivity contribution in [3.8, 4) is 6.07 Å². The smallest absolute Gasteiger partial charge is 0.116 e. The van der Waals surface area contributed by atoms with E-state index in [4.69, 9.17) is 0 Å². The quantitative estimate of drug-likeness (QED) is 0.710. The number of anilines is 1. The Hall–Kier alpha value is -1.14. The zero-order valence-electron chi connectivity index (χ0n) is 11.7. The van der Waals surface area contributed by atoms with Crippen LogP contribution in [-0.2, 0) is 5.41 Å². The van der Waals surface area contributed by atoms with E-state index >= 15 is 0 Å². The predicted molar refractivity (Wildman–Crippen MR) is 78.3 cm³/mol. The Labute approximate surface area is 114 Å². The lowest BCUT2D eigenvalue weighted by Gasteiger charge is -2.40. The summed E-state index contributed by atoms with van der Waals surface area (Å²) < 4.78 is 0. The molecule has 0 aliphatic carbocycles. The Bertz CT molecular complexity index is 496. The molecule has 2 unspecified atom stereocenters. The first-order valence-electron chi connectivity index (χ1n) is 6.29. The molecule has 0 N–H and O–H groups in total. The summed E-state index contributed by atoms with van der Waals surface area (Å²) in [6, 6.07) is 9.08. The van der Waals surface area contributed by atoms with Crippen LogP contribution in [0.2, 0.25) is 0 Å². The Morgan fingerprint density at radius 2 is 2.00 bits per heavy atom. The van der Waals surface area contributed by atoms with Gasteiger partial charge < -0.3 is 4.90 Å². The number of rotatable bonds is 0. The molecule has 3 heteroatoms. The van der Waals surface area contributed by atoms with E-state index in [1.54, 1.807) is 11.8 Å². The van der Waals surface area contributed by atoms with Gasteiger partial charge in [-0.05, 0) is 24.0 Å². The molecule has 1 heterocycles. The fourth-order valence-electron chi connectivity index (χ4n) is 2.36. The van der Waals surface area contributed by atoms with E-state index in [-0.39, 0.29) is 16.7 Å². The van der Waals surface area contributed by atoms with Crippen molar-refractivity contribution in [2.24, 2.45) is 0 Å².